The number of para-hydroxylation sites is 6. The maximum Gasteiger partial charge on any atom is 0.0811 e. The van der Waals surface area contributed by atoms with Gasteiger partial charge in [-0.2, -0.15) is 0 Å². The summed E-state index contributed by atoms with van der Waals surface area (Å²) in [6.07, 6.45) is 0. The van der Waals surface area contributed by atoms with Gasteiger partial charge in [-0.25, -0.2) is 9.97 Å². The molecule has 0 aliphatic heterocycles. The highest BCUT2D eigenvalue weighted by Gasteiger charge is 2.38. The molecule has 0 atom stereocenters. The largest absolute Gasteiger partial charge is 0.308 e. The molecule has 6 nitrogen and oxygen atoms in total. The number of fused-ring (bicyclic) bond motifs is 6. The zero-order valence-corrected chi connectivity index (χ0v) is 56.3. The van der Waals surface area contributed by atoms with Crippen LogP contribution in [0.5, 0.6) is 0 Å². The van der Waals surface area contributed by atoms with Gasteiger partial charge in [0.2, 0.25) is 0 Å². The Morgan fingerprint density at radius 1 is 0.240 bits per heavy atom. The summed E-state index contributed by atoms with van der Waals surface area (Å²) in [7, 11) is 0. The molecule has 0 aliphatic rings. The highest BCUT2D eigenvalue weighted by Crippen LogP contribution is 2.61. The van der Waals surface area contributed by atoms with Crippen molar-refractivity contribution in [3.05, 3.63) is 363 Å². The standard InChI is InChI=1S/C94H72N6/c1-63(2)65-51-55-75(56-52-65)97(73-39-19-9-20-40-73)91-89(71-59-81(67-31-11-5-12-32-67)95-82(60-71)68-33-13-6-14-34-68)94(100-87-49-29-25-45-79(87)80-46-26-30-50-88(80)100)92(98(74-41-21-10-22-42-74)76-57-53-66(54-58-76)64(3)4)90(93(91)99-85-47-27-23-43-77(85)78-44-24-28-48-86(78)99)72-61-83(69-35-15-7-16-36-69)96-84(62-72)70-37-17-8-18-38-70/h5-64H,1-4H3. The quantitative estimate of drug-likeness (QED) is 0.0967. The number of benzene rings is 13. The van der Waals surface area contributed by atoms with Crippen molar-refractivity contribution in [1.82, 2.24) is 19.1 Å². The molecule has 0 N–H and O–H groups in total. The molecule has 17 rings (SSSR count). The fourth-order valence-corrected chi connectivity index (χ4v) is 14.8. The number of nitrogens with zero attached hydrogens (tertiary/aromatic N) is 6. The molecule has 4 aromatic heterocycles. The minimum absolute atomic E-state index is 0.281. The van der Waals surface area contributed by atoms with E-state index in [4.69, 9.17) is 9.97 Å². The average Bonchev–Trinajstić information content (AvgIpc) is 1.70. The lowest BCUT2D eigenvalue weighted by Gasteiger charge is -2.38. The van der Waals surface area contributed by atoms with Crippen molar-refractivity contribution in [3.8, 4) is 78.7 Å². The van der Waals surface area contributed by atoms with Gasteiger partial charge in [0, 0.05) is 77.7 Å². The van der Waals surface area contributed by atoms with Gasteiger partial charge >= 0.3 is 0 Å². The molecule has 6 heteroatoms. The van der Waals surface area contributed by atoms with E-state index < -0.39 is 0 Å². The second kappa shape index (κ2) is 26.1. The van der Waals surface area contributed by atoms with Gasteiger partial charge in [0.15, 0.2) is 0 Å². The minimum atomic E-state index is 0.281. The number of aromatic nitrogens is 4. The molecular weight excluding hydrogens is 1210 g/mol. The van der Waals surface area contributed by atoms with E-state index in [9.17, 15) is 0 Å². The molecule has 13 aromatic carbocycles. The van der Waals surface area contributed by atoms with Gasteiger partial charge in [-0.05, 0) is 131 Å². The highest BCUT2D eigenvalue weighted by atomic mass is 15.2. The molecular formula is C94H72N6. The second-order valence-corrected chi connectivity index (χ2v) is 26.4. The third-order valence-electron chi connectivity index (χ3n) is 19.6. The lowest BCUT2D eigenvalue weighted by Crippen LogP contribution is -2.21. The zero-order valence-electron chi connectivity index (χ0n) is 56.3. The van der Waals surface area contributed by atoms with Crippen LogP contribution in [0.3, 0.4) is 0 Å². The summed E-state index contributed by atoms with van der Waals surface area (Å²) in [5.41, 5.74) is 25.6. The number of anilines is 6. The topological polar surface area (TPSA) is 42.1 Å². The monoisotopic (exact) mass is 1280 g/mol. The fraction of sp³-hybridized carbons (Fsp3) is 0.0638. The van der Waals surface area contributed by atoms with Gasteiger partial charge < -0.3 is 18.9 Å². The van der Waals surface area contributed by atoms with Gasteiger partial charge in [0.05, 0.1) is 67.6 Å². The molecule has 478 valence electrons. The Hall–Kier alpha value is -12.6. The van der Waals surface area contributed by atoms with Crippen molar-refractivity contribution in [3.63, 3.8) is 0 Å². The summed E-state index contributed by atoms with van der Waals surface area (Å²) in [6.45, 7) is 9.11. The van der Waals surface area contributed by atoms with Crippen molar-refractivity contribution < 1.29 is 0 Å². The maximum absolute atomic E-state index is 5.74. The van der Waals surface area contributed by atoms with E-state index in [1.165, 1.54) is 11.1 Å². The fourth-order valence-electron chi connectivity index (χ4n) is 14.8. The summed E-state index contributed by atoms with van der Waals surface area (Å²) < 4.78 is 5.20. The van der Waals surface area contributed by atoms with Gasteiger partial charge in [0.1, 0.15) is 0 Å². The van der Waals surface area contributed by atoms with Crippen LogP contribution in [-0.4, -0.2) is 19.1 Å². The summed E-state index contributed by atoms with van der Waals surface area (Å²) in [4.78, 5) is 16.6. The Balaban J connectivity index is 1.24. The van der Waals surface area contributed by atoms with E-state index in [0.29, 0.717) is 0 Å². The van der Waals surface area contributed by atoms with Crippen molar-refractivity contribution in [2.75, 3.05) is 9.80 Å². The van der Waals surface area contributed by atoms with Crippen LogP contribution in [0.25, 0.3) is 122 Å². The van der Waals surface area contributed by atoms with E-state index >= 15 is 0 Å². The second-order valence-electron chi connectivity index (χ2n) is 26.4. The van der Waals surface area contributed by atoms with Crippen LogP contribution < -0.4 is 9.80 Å². The average molecular weight is 1290 g/mol. The SMILES string of the molecule is CC(C)c1ccc(N(c2ccccc2)c2c(-c3cc(-c4ccccc4)nc(-c4ccccc4)c3)c(-n3c4ccccc4c4ccccc43)c(N(c3ccccc3)c3ccc(C(C)C)cc3)c(-c3cc(-c4ccccc4)nc(-c4ccccc4)c3)c2-n2c3ccccc3c3ccccc32)cc1. The summed E-state index contributed by atoms with van der Waals surface area (Å²) in [5, 5.41) is 4.53. The van der Waals surface area contributed by atoms with Crippen molar-refractivity contribution in [2.45, 2.75) is 39.5 Å². The maximum atomic E-state index is 5.74. The van der Waals surface area contributed by atoms with E-state index in [0.717, 1.165) is 156 Å². The Morgan fingerprint density at radius 3 is 0.730 bits per heavy atom. The van der Waals surface area contributed by atoms with Crippen molar-refractivity contribution >= 4 is 77.7 Å². The first-order chi connectivity index (χ1) is 49.3. The Morgan fingerprint density at radius 2 is 0.470 bits per heavy atom. The Labute approximate surface area is 584 Å². The molecule has 100 heavy (non-hydrogen) atoms. The predicted molar refractivity (Wildman–Crippen MR) is 421 cm³/mol. The van der Waals surface area contributed by atoms with Crippen LogP contribution in [0.2, 0.25) is 0 Å². The number of rotatable bonds is 16. The lowest BCUT2D eigenvalue weighted by atomic mass is 9.87. The van der Waals surface area contributed by atoms with Crippen LogP contribution in [0.4, 0.5) is 34.1 Å². The van der Waals surface area contributed by atoms with Gasteiger partial charge in [-0.15, -0.1) is 0 Å². The number of hydrogen-bond donors (Lipinski definition) is 0. The van der Waals surface area contributed by atoms with Crippen LogP contribution in [-0.2, 0) is 0 Å². The predicted octanol–water partition coefficient (Wildman–Crippen LogP) is 25.9. The molecule has 0 bridgehead atoms. The molecule has 4 heterocycles. The van der Waals surface area contributed by atoms with Crippen LogP contribution >= 0.6 is 0 Å². The normalized spacial score (nSPS) is 11.6. The molecule has 0 aliphatic carbocycles. The smallest absolute Gasteiger partial charge is 0.0811 e. The van der Waals surface area contributed by atoms with Gasteiger partial charge in [-0.1, -0.05) is 282 Å². The molecule has 0 saturated carbocycles. The Kier molecular flexibility index (Phi) is 15.9. The van der Waals surface area contributed by atoms with Gasteiger partial charge in [0.25, 0.3) is 0 Å². The summed E-state index contributed by atoms with van der Waals surface area (Å²) >= 11 is 0. The molecule has 0 amide bonds. The molecule has 0 saturated heterocycles. The third-order valence-corrected chi connectivity index (χ3v) is 19.6. The van der Waals surface area contributed by atoms with E-state index in [2.05, 4.69) is 398 Å². The minimum Gasteiger partial charge on any atom is -0.308 e. The Bertz CT molecular complexity index is 5220. The number of pyridine rings is 2. The first kappa shape index (κ1) is 61.0. The summed E-state index contributed by atoms with van der Waals surface area (Å²) in [5.74, 6) is 0.562. The van der Waals surface area contributed by atoms with Gasteiger partial charge in [-0.3, -0.25) is 0 Å². The first-order valence-electron chi connectivity index (χ1n) is 34.7. The molecule has 0 spiro atoms. The molecule has 0 unspecified atom stereocenters. The van der Waals surface area contributed by atoms with Crippen molar-refractivity contribution in [2.24, 2.45) is 0 Å². The zero-order chi connectivity index (χ0) is 67.2. The molecule has 0 fully saturated rings. The van der Waals surface area contributed by atoms with E-state index in [1.54, 1.807) is 0 Å². The van der Waals surface area contributed by atoms with Crippen LogP contribution in [0, 0.1) is 0 Å². The van der Waals surface area contributed by atoms with Crippen LogP contribution in [0.15, 0.2) is 352 Å². The highest BCUT2D eigenvalue weighted by molar-refractivity contribution is 6.19. The van der Waals surface area contributed by atoms with Crippen molar-refractivity contribution in [1.29, 1.82) is 0 Å². The lowest BCUT2D eigenvalue weighted by molar-refractivity contribution is 0.866. The van der Waals surface area contributed by atoms with E-state index in [1.807, 2.05) is 0 Å². The van der Waals surface area contributed by atoms with E-state index in [-0.39, 0.29) is 11.8 Å². The molecule has 17 aromatic rings. The summed E-state index contributed by atoms with van der Waals surface area (Å²) in [6, 6.07) is 129. The molecule has 0 radical (unpaired) electrons. The third kappa shape index (κ3) is 11.0. The van der Waals surface area contributed by atoms with Crippen LogP contribution in [0.1, 0.15) is 50.7 Å². The first-order valence-corrected chi connectivity index (χ1v) is 34.7. The number of hydrogen-bond acceptors (Lipinski definition) is 4.